The van der Waals surface area contributed by atoms with Crippen LogP contribution < -0.4 is 11.5 Å². The highest BCUT2D eigenvalue weighted by Crippen LogP contribution is 2.43. The standard InChI is InChI=1S/C23H15N5O2S2/c24-10-13-18(16-7-4-8-30-16)19-20(25)21(32-23(19)28-22(13)26)15(29)9-17-27-14(11-31-17)12-5-2-1-3-6-12/h1-8,11H,9,25H2,(H2,26,28). The normalized spacial score (nSPS) is 11.0. The van der Waals surface area contributed by atoms with Crippen molar-refractivity contribution in [3.8, 4) is 28.7 Å². The number of nitrogen functional groups attached to an aromatic ring is 2. The average molecular weight is 458 g/mol. The van der Waals surface area contributed by atoms with E-state index in [2.05, 4.69) is 16.0 Å². The number of anilines is 2. The van der Waals surface area contributed by atoms with E-state index in [9.17, 15) is 10.1 Å². The fourth-order valence-corrected chi connectivity index (χ4v) is 5.36. The van der Waals surface area contributed by atoms with Crippen molar-refractivity contribution < 1.29 is 9.21 Å². The third-order valence-corrected chi connectivity index (χ3v) is 6.96. The van der Waals surface area contributed by atoms with Crippen LogP contribution in [0.2, 0.25) is 0 Å². The number of carbonyl (C=O) groups is 1. The second kappa shape index (κ2) is 7.92. The molecule has 9 heteroatoms. The van der Waals surface area contributed by atoms with Crippen molar-refractivity contribution in [2.75, 3.05) is 11.5 Å². The molecule has 0 aliphatic heterocycles. The van der Waals surface area contributed by atoms with Crippen LogP contribution >= 0.6 is 22.7 Å². The van der Waals surface area contributed by atoms with Crippen LogP contribution in [0.25, 0.3) is 32.8 Å². The van der Waals surface area contributed by atoms with E-state index >= 15 is 0 Å². The first kappa shape index (κ1) is 19.9. The van der Waals surface area contributed by atoms with Gasteiger partial charge in [-0.3, -0.25) is 4.79 Å². The van der Waals surface area contributed by atoms with Gasteiger partial charge in [-0.25, -0.2) is 9.97 Å². The summed E-state index contributed by atoms with van der Waals surface area (Å²) in [5.41, 5.74) is 15.1. The summed E-state index contributed by atoms with van der Waals surface area (Å²) in [4.78, 5) is 22.9. The lowest BCUT2D eigenvalue weighted by atomic mass is 10.0. The molecule has 0 saturated heterocycles. The summed E-state index contributed by atoms with van der Waals surface area (Å²) in [6, 6.07) is 15.3. The molecule has 0 radical (unpaired) electrons. The van der Waals surface area contributed by atoms with Gasteiger partial charge < -0.3 is 15.9 Å². The van der Waals surface area contributed by atoms with Gasteiger partial charge in [-0.05, 0) is 12.1 Å². The number of hydrogen-bond donors (Lipinski definition) is 2. The maximum Gasteiger partial charge on any atom is 0.181 e. The highest BCUT2D eigenvalue weighted by Gasteiger charge is 2.25. The largest absolute Gasteiger partial charge is 0.464 e. The van der Waals surface area contributed by atoms with Crippen molar-refractivity contribution in [3.63, 3.8) is 0 Å². The first-order valence-electron chi connectivity index (χ1n) is 9.55. The Labute approximate surface area is 190 Å². The number of rotatable bonds is 5. The molecule has 0 fully saturated rings. The Kier molecular flexibility index (Phi) is 4.93. The van der Waals surface area contributed by atoms with Gasteiger partial charge in [0.15, 0.2) is 5.78 Å². The predicted octanol–water partition coefficient (Wildman–Crippen LogP) is 5.14. The Morgan fingerprint density at radius 1 is 1.12 bits per heavy atom. The molecule has 0 saturated carbocycles. The molecule has 0 amide bonds. The summed E-state index contributed by atoms with van der Waals surface area (Å²) >= 11 is 2.59. The summed E-state index contributed by atoms with van der Waals surface area (Å²) < 4.78 is 5.51. The molecule has 0 unspecified atom stereocenters. The van der Waals surface area contributed by atoms with Crippen molar-refractivity contribution in [1.29, 1.82) is 5.26 Å². The number of nitriles is 1. The topological polar surface area (TPSA) is 132 Å². The van der Waals surface area contributed by atoms with E-state index in [1.165, 1.54) is 17.6 Å². The number of carbonyl (C=O) groups excluding carboxylic acids is 1. The van der Waals surface area contributed by atoms with Crippen LogP contribution in [0, 0.1) is 11.3 Å². The third kappa shape index (κ3) is 3.32. The molecule has 1 aromatic carbocycles. The van der Waals surface area contributed by atoms with E-state index in [0.717, 1.165) is 22.6 Å². The van der Waals surface area contributed by atoms with Crippen molar-refractivity contribution in [2.24, 2.45) is 0 Å². The number of hydrogen-bond acceptors (Lipinski definition) is 9. The molecule has 0 aliphatic carbocycles. The maximum absolute atomic E-state index is 13.1. The van der Waals surface area contributed by atoms with Crippen molar-refractivity contribution >= 4 is 50.2 Å². The van der Waals surface area contributed by atoms with Crippen LogP contribution in [-0.4, -0.2) is 15.8 Å². The van der Waals surface area contributed by atoms with Crippen LogP contribution in [0.4, 0.5) is 11.5 Å². The number of nitrogens with two attached hydrogens (primary N) is 2. The minimum Gasteiger partial charge on any atom is -0.464 e. The highest BCUT2D eigenvalue weighted by atomic mass is 32.1. The van der Waals surface area contributed by atoms with Crippen molar-refractivity contribution in [2.45, 2.75) is 6.42 Å². The van der Waals surface area contributed by atoms with Crippen LogP contribution in [0.15, 0.2) is 58.5 Å². The molecule has 7 nitrogen and oxygen atoms in total. The van der Waals surface area contributed by atoms with Crippen LogP contribution in [0.1, 0.15) is 20.2 Å². The first-order valence-corrected chi connectivity index (χ1v) is 11.2. The van der Waals surface area contributed by atoms with Crippen LogP contribution in [-0.2, 0) is 6.42 Å². The molecule has 0 aliphatic rings. The Bertz CT molecular complexity index is 1500. The van der Waals surface area contributed by atoms with E-state index in [0.29, 0.717) is 31.4 Å². The van der Waals surface area contributed by atoms with E-state index in [1.54, 1.807) is 12.1 Å². The SMILES string of the molecule is N#Cc1c(N)nc2sc(C(=O)Cc3nc(-c4ccccc4)cs3)c(N)c2c1-c1ccco1. The molecule has 0 atom stereocenters. The Balaban J connectivity index is 1.55. The molecule has 0 spiro atoms. The van der Waals surface area contributed by atoms with Gasteiger partial charge in [0.05, 0.1) is 34.5 Å². The van der Waals surface area contributed by atoms with E-state index in [4.69, 9.17) is 15.9 Å². The van der Waals surface area contributed by atoms with Gasteiger partial charge in [0, 0.05) is 16.3 Å². The number of pyridine rings is 1. The zero-order chi connectivity index (χ0) is 22.2. The molecule has 4 aromatic heterocycles. The van der Waals surface area contributed by atoms with Crippen LogP contribution in [0.3, 0.4) is 0 Å². The summed E-state index contributed by atoms with van der Waals surface area (Å²) in [5.74, 6) is 0.345. The number of Topliss-reactive ketones (excluding diaryl/α,β-unsaturated/α-hetero) is 1. The van der Waals surface area contributed by atoms with Gasteiger partial charge in [-0.15, -0.1) is 22.7 Å². The molecule has 156 valence electrons. The maximum atomic E-state index is 13.1. The smallest absolute Gasteiger partial charge is 0.181 e. The Morgan fingerprint density at radius 2 is 1.94 bits per heavy atom. The lowest BCUT2D eigenvalue weighted by molar-refractivity contribution is 0.0997. The average Bonchev–Trinajstić information content (AvgIpc) is 3.54. The van der Waals surface area contributed by atoms with Gasteiger partial charge in [-0.1, -0.05) is 30.3 Å². The fraction of sp³-hybridized carbons (Fsp3) is 0.0435. The first-order chi connectivity index (χ1) is 15.6. The second-order valence-electron chi connectivity index (χ2n) is 6.95. The van der Waals surface area contributed by atoms with Gasteiger partial charge >= 0.3 is 0 Å². The molecule has 5 aromatic rings. The minimum atomic E-state index is -0.165. The van der Waals surface area contributed by atoms with Gasteiger partial charge in [0.25, 0.3) is 0 Å². The van der Waals surface area contributed by atoms with Gasteiger partial charge in [-0.2, -0.15) is 5.26 Å². The van der Waals surface area contributed by atoms with E-state index < -0.39 is 0 Å². The Hall–Kier alpha value is -4.00. The molecule has 4 N–H and O–H groups in total. The fourth-order valence-electron chi connectivity index (χ4n) is 3.51. The minimum absolute atomic E-state index is 0.0686. The molecule has 0 bridgehead atoms. The quantitative estimate of drug-likeness (QED) is 0.349. The number of thiazole rings is 1. The number of nitrogens with zero attached hydrogens (tertiary/aromatic N) is 3. The lowest BCUT2D eigenvalue weighted by Crippen LogP contribution is -2.04. The third-order valence-electron chi connectivity index (χ3n) is 4.97. The number of thiophene rings is 1. The zero-order valence-electron chi connectivity index (χ0n) is 16.5. The van der Waals surface area contributed by atoms with E-state index in [1.807, 2.05) is 35.7 Å². The summed E-state index contributed by atoms with van der Waals surface area (Å²) in [7, 11) is 0. The zero-order valence-corrected chi connectivity index (χ0v) is 18.2. The van der Waals surface area contributed by atoms with Crippen molar-refractivity contribution in [3.05, 3.63) is 69.6 Å². The number of ketones is 1. The second-order valence-corrected chi connectivity index (χ2v) is 8.90. The summed E-state index contributed by atoms with van der Waals surface area (Å²) in [6.45, 7) is 0. The number of furan rings is 1. The van der Waals surface area contributed by atoms with Crippen molar-refractivity contribution in [1.82, 2.24) is 9.97 Å². The summed E-state index contributed by atoms with van der Waals surface area (Å²) in [6.07, 6.45) is 1.62. The lowest BCUT2D eigenvalue weighted by Gasteiger charge is -2.06. The number of aromatic nitrogens is 2. The van der Waals surface area contributed by atoms with Gasteiger partial charge in [0.2, 0.25) is 0 Å². The molecule has 32 heavy (non-hydrogen) atoms. The molecule has 5 rings (SSSR count). The molecular weight excluding hydrogens is 442 g/mol. The number of benzene rings is 1. The number of fused-ring (bicyclic) bond motifs is 1. The summed E-state index contributed by atoms with van der Waals surface area (Å²) in [5, 5.41) is 12.8. The molecular formula is C23H15N5O2S2. The van der Waals surface area contributed by atoms with Gasteiger partial charge in [0.1, 0.15) is 33.0 Å². The van der Waals surface area contributed by atoms with Crippen LogP contribution in [0.5, 0.6) is 0 Å². The highest BCUT2D eigenvalue weighted by molar-refractivity contribution is 7.21. The monoisotopic (exact) mass is 457 g/mol. The van der Waals surface area contributed by atoms with E-state index in [-0.39, 0.29) is 29.3 Å². The predicted molar refractivity (Wildman–Crippen MR) is 126 cm³/mol. The molecule has 4 heterocycles. The Morgan fingerprint density at radius 3 is 2.66 bits per heavy atom.